The van der Waals surface area contributed by atoms with Crippen LogP contribution < -0.4 is 0 Å². The van der Waals surface area contributed by atoms with Gasteiger partial charge in [0.25, 0.3) is 0 Å². The number of carboxylic acids is 1. The summed E-state index contributed by atoms with van der Waals surface area (Å²) in [5.74, 6) is -2.21. The van der Waals surface area contributed by atoms with Crippen LogP contribution in [0.25, 0.3) is 90.9 Å². The number of benzene rings is 4. The van der Waals surface area contributed by atoms with Crippen LogP contribution in [-0.2, 0) is 75.0 Å². The first kappa shape index (κ1) is 55.6. The average molecular weight is 1070 g/mol. The number of rotatable bonds is 22. The van der Waals surface area contributed by atoms with Crippen LogP contribution in [0.1, 0.15) is 104 Å². The van der Waals surface area contributed by atoms with E-state index in [0.29, 0.717) is 89.4 Å². The molecule has 0 atom stereocenters. The summed E-state index contributed by atoms with van der Waals surface area (Å²) >= 11 is 0. The van der Waals surface area contributed by atoms with Gasteiger partial charge < -0.3 is 34.0 Å². The van der Waals surface area contributed by atoms with Crippen molar-refractivity contribution in [2.45, 2.75) is 85.5 Å². The van der Waals surface area contributed by atoms with Gasteiger partial charge in [0.05, 0.1) is 61.1 Å². The predicted octanol–water partition coefficient (Wildman–Crippen LogP) is 12.9. The molecule has 7 aromatic rings. The number of fused-ring (bicyclic) bond motifs is 8. The minimum Gasteiger partial charge on any atom is -0.481 e. The van der Waals surface area contributed by atoms with Gasteiger partial charge in [-0.2, -0.15) is 0 Å². The van der Waals surface area contributed by atoms with E-state index < -0.39 is 5.97 Å². The Morgan fingerprint density at radius 2 is 0.738 bits per heavy atom. The molecule has 14 nitrogen and oxygen atoms in total. The highest BCUT2D eigenvalue weighted by atomic mass is 16.5. The number of carboxylic acid groups (broad SMARTS) is 1. The number of ether oxygens (including phenoxy) is 4. The molecule has 2 aliphatic heterocycles. The zero-order chi connectivity index (χ0) is 56.1. The summed E-state index contributed by atoms with van der Waals surface area (Å²) in [6.07, 6.45) is 10.0. The maximum Gasteiger partial charge on any atom is 0.307 e. The second kappa shape index (κ2) is 26.0. The second-order valence-corrected chi connectivity index (χ2v) is 19.4. The fraction of sp³-hybridized carbons (Fsp3) is 0.258. The van der Waals surface area contributed by atoms with E-state index >= 15 is 0 Å². The number of esters is 4. The molecule has 9 rings (SSSR count). The van der Waals surface area contributed by atoms with Crippen molar-refractivity contribution in [3.05, 3.63) is 166 Å². The topological polar surface area (TPSA) is 200 Å². The number of aliphatic carboxylic acids is 1. The Kier molecular flexibility index (Phi) is 18.1. The molecule has 0 saturated carbocycles. The third-order valence-corrected chi connectivity index (χ3v) is 13.8. The third-order valence-electron chi connectivity index (χ3n) is 13.8. The lowest BCUT2D eigenvalue weighted by Crippen LogP contribution is -2.05. The van der Waals surface area contributed by atoms with Crippen LogP contribution >= 0.6 is 0 Å². The maximum atomic E-state index is 13.1. The molecule has 0 amide bonds. The van der Waals surface area contributed by atoms with Crippen LogP contribution in [0, 0.1) is 0 Å². The number of aromatic amines is 2. The van der Waals surface area contributed by atoms with E-state index in [1.807, 2.05) is 127 Å². The fourth-order valence-corrected chi connectivity index (χ4v) is 10.3. The van der Waals surface area contributed by atoms with E-state index in [-0.39, 0.29) is 69.2 Å². The molecule has 8 bridgehead atoms. The Balaban J connectivity index is 1.39. The number of aryl methyl sites for hydroxylation is 4. The summed E-state index contributed by atoms with van der Waals surface area (Å²) in [6, 6.07) is 37.8. The second-order valence-electron chi connectivity index (χ2n) is 19.4. The van der Waals surface area contributed by atoms with Crippen molar-refractivity contribution < 1.29 is 48.0 Å². The molecule has 80 heavy (non-hydrogen) atoms. The summed E-state index contributed by atoms with van der Waals surface area (Å²) in [4.78, 5) is 82.0. The number of H-pyrrole nitrogens is 2. The first-order chi connectivity index (χ1) is 38.9. The molecular formula is C66H64N4O10. The van der Waals surface area contributed by atoms with Crippen LogP contribution in [0.3, 0.4) is 0 Å². The van der Waals surface area contributed by atoms with Crippen molar-refractivity contribution in [3.8, 4) is 44.5 Å². The van der Waals surface area contributed by atoms with E-state index in [2.05, 4.69) is 22.1 Å². The lowest BCUT2D eigenvalue weighted by atomic mass is 9.97. The monoisotopic (exact) mass is 1070 g/mol. The minimum atomic E-state index is -1.04. The lowest BCUT2D eigenvalue weighted by Gasteiger charge is -2.10. The van der Waals surface area contributed by atoms with E-state index in [9.17, 15) is 29.1 Å². The molecule has 2 aliphatic rings. The highest BCUT2D eigenvalue weighted by molar-refractivity contribution is 6.01. The van der Waals surface area contributed by atoms with Crippen molar-refractivity contribution in [1.82, 2.24) is 19.9 Å². The smallest absolute Gasteiger partial charge is 0.307 e. The van der Waals surface area contributed by atoms with Crippen LogP contribution in [-0.4, -0.2) is 81.3 Å². The number of hydrogen-bond acceptors (Lipinski definition) is 11. The Labute approximate surface area is 464 Å². The molecule has 3 N–H and O–H groups in total. The summed E-state index contributed by atoms with van der Waals surface area (Å²) in [5.41, 5.74) is 15.2. The fourth-order valence-electron chi connectivity index (χ4n) is 10.3. The average Bonchev–Trinajstić information content (AvgIpc) is 4.31. The number of aromatic nitrogens is 4. The summed E-state index contributed by atoms with van der Waals surface area (Å²) in [5, 5.41) is 10.7. The van der Waals surface area contributed by atoms with Gasteiger partial charge in [-0.15, -0.1) is 0 Å². The van der Waals surface area contributed by atoms with E-state index in [1.165, 1.54) is 0 Å². The minimum absolute atomic E-state index is 0.170. The van der Waals surface area contributed by atoms with Crippen LogP contribution in [0.5, 0.6) is 0 Å². The van der Waals surface area contributed by atoms with Gasteiger partial charge in [-0.3, -0.25) is 24.0 Å². The molecule has 0 saturated heterocycles. The van der Waals surface area contributed by atoms with Gasteiger partial charge in [-0.1, -0.05) is 97.1 Å². The molecule has 0 fully saturated rings. The molecular weight excluding hydrogens is 1010 g/mol. The Hall–Kier alpha value is -9.17. The normalized spacial score (nSPS) is 11.6. The zero-order valence-electron chi connectivity index (χ0n) is 45.5. The van der Waals surface area contributed by atoms with Gasteiger partial charge in [-0.05, 0) is 146 Å². The zero-order valence-corrected chi connectivity index (χ0v) is 45.5. The van der Waals surface area contributed by atoms with E-state index in [1.54, 1.807) is 27.7 Å². The first-order valence-electron chi connectivity index (χ1n) is 27.3. The molecule has 0 radical (unpaired) electrons. The van der Waals surface area contributed by atoms with Crippen molar-refractivity contribution in [2.75, 3.05) is 26.4 Å². The van der Waals surface area contributed by atoms with Gasteiger partial charge in [0.1, 0.15) is 0 Å². The summed E-state index contributed by atoms with van der Waals surface area (Å²) in [6.45, 7) is 8.28. The molecule has 0 spiro atoms. The van der Waals surface area contributed by atoms with Crippen LogP contribution in [0.15, 0.2) is 115 Å². The first-order valence-corrected chi connectivity index (χ1v) is 27.3. The lowest BCUT2D eigenvalue weighted by molar-refractivity contribution is -0.144. The van der Waals surface area contributed by atoms with Gasteiger partial charge in [0.2, 0.25) is 0 Å². The summed E-state index contributed by atoms with van der Waals surface area (Å²) < 4.78 is 21.1. The SMILES string of the molecule is CCOC(=O)CCc1cccc(-c2c3nc(c(-c4cccc(CCC(=O)OCC)c4)c4cc(CC(=O)O)c([nH]4)c(-c4cccc(CCC(=O)OCC)c4)c4nc(c(-c5cccc(CCC(=O)OCC)c5)c5ccc2[nH]5)C=C4)C=C3)c1. The maximum absolute atomic E-state index is 13.1. The number of carbonyl (C=O) groups excluding carboxylic acids is 4. The molecule has 408 valence electrons. The number of nitrogens with one attached hydrogen (secondary N) is 2. The number of carbonyl (C=O) groups is 5. The summed E-state index contributed by atoms with van der Waals surface area (Å²) in [7, 11) is 0. The largest absolute Gasteiger partial charge is 0.481 e. The van der Waals surface area contributed by atoms with Gasteiger partial charge in [0.15, 0.2) is 0 Å². The van der Waals surface area contributed by atoms with Crippen molar-refractivity contribution >= 4 is 76.2 Å². The predicted molar refractivity (Wildman–Crippen MR) is 312 cm³/mol. The molecule has 0 aliphatic carbocycles. The molecule has 4 aromatic carbocycles. The van der Waals surface area contributed by atoms with Gasteiger partial charge in [-0.25, -0.2) is 9.97 Å². The standard InChI is InChI=1S/C66H64N4O10/c1-5-77-58(73)31-21-41-13-9-17-45(35-41)62-50-25-26-51(67-50)63(46-18-10-14-42(36-46)22-32-59(74)78-6-2)53-29-30-55(69-53)65(48-20-12-16-44(38-48)24-34-61(76)80-8-4)66-49(40-57(71)72)39-56(70-66)64(54-28-27-52(62)68-54)47-19-11-15-43(37-47)23-33-60(75)79-7-3/h9-20,25-30,35-39,67,70H,5-8,21-24,31-34,40H2,1-4H3,(H,71,72). The van der Waals surface area contributed by atoms with Crippen LogP contribution in [0.2, 0.25) is 0 Å². The highest BCUT2D eigenvalue weighted by Crippen LogP contribution is 2.40. The Morgan fingerprint density at radius 1 is 0.412 bits per heavy atom. The molecule has 0 unspecified atom stereocenters. The Bertz CT molecular complexity index is 3730. The molecule has 3 aromatic heterocycles. The van der Waals surface area contributed by atoms with Crippen molar-refractivity contribution in [2.24, 2.45) is 0 Å². The van der Waals surface area contributed by atoms with Crippen molar-refractivity contribution in [1.29, 1.82) is 0 Å². The highest BCUT2D eigenvalue weighted by Gasteiger charge is 2.23. The van der Waals surface area contributed by atoms with E-state index in [0.717, 1.165) is 66.7 Å². The number of hydrogen-bond donors (Lipinski definition) is 3. The number of nitrogens with zero attached hydrogens (tertiary/aromatic N) is 2. The molecule has 5 heterocycles. The third kappa shape index (κ3) is 13.4. The van der Waals surface area contributed by atoms with Gasteiger partial charge in [0, 0.05) is 64.5 Å². The quantitative estimate of drug-likeness (QED) is 0.0429. The Morgan fingerprint density at radius 3 is 1.07 bits per heavy atom. The van der Waals surface area contributed by atoms with Crippen LogP contribution in [0.4, 0.5) is 0 Å². The van der Waals surface area contributed by atoms with Gasteiger partial charge >= 0.3 is 29.8 Å². The van der Waals surface area contributed by atoms with E-state index in [4.69, 9.17) is 28.9 Å². The molecule has 14 heteroatoms. The van der Waals surface area contributed by atoms with Crippen molar-refractivity contribution in [3.63, 3.8) is 0 Å².